The average Bonchev–Trinajstić information content (AvgIpc) is 2.01. The van der Waals surface area contributed by atoms with Crippen LogP contribution in [-0.4, -0.2) is 7.11 Å². The standard InChI is InChI=1S/C8H11NO/c1-6-7(9)4-3-5-8(6)10-2/h3-5H,9H2,1-2H3/i1D3. The van der Waals surface area contributed by atoms with E-state index < -0.39 is 6.85 Å². The van der Waals surface area contributed by atoms with Crippen molar-refractivity contribution in [1.82, 2.24) is 0 Å². The Morgan fingerprint density at radius 3 is 2.90 bits per heavy atom. The van der Waals surface area contributed by atoms with Gasteiger partial charge in [0.25, 0.3) is 0 Å². The number of nitrogens with two attached hydrogens (primary N) is 1. The lowest BCUT2D eigenvalue weighted by Gasteiger charge is -2.05. The van der Waals surface area contributed by atoms with Crippen molar-refractivity contribution < 1.29 is 8.85 Å². The predicted octanol–water partition coefficient (Wildman–Crippen LogP) is 1.59. The van der Waals surface area contributed by atoms with Gasteiger partial charge in [-0.2, -0.15) is 0 Å². The number of hydrogen-bond acceptors (Lipinski definition) is 2. The SMILES string of the molecule is [2H]C([2H])([2H])c1c(N)cccc1OC. The molecule has 0 aliphatic carbocycles. The highest BCUT2D eigenvalue weighted by Gasteiger charge is 1.98. The van der Waals surface area contributed by atoms with Gasteiger partial charge in [-0.25, -0.2) is 0 Å². The Labute approximate surface area is 64.8 Å². The lowest BCUT2D eigenvalue weighted by Crippen LogP contribution is -1.92. The molecule has 0 unspecified atom stereocenters. The van der Waals surface area contributed by atoms with Crippen LogP contribution >= 0.6 is 0 Å². The highest BCUT2D eigenvalue weighted by Crippen LogP contribution is 2.21. The molecule has 10 heavy (non-hydrogen) atoms. The van der Waals surface area contributed by atoms with E-state index in [-0.39, 0.29) is 11.3 Å². The lowest BCUT2D eigenvalue weighted by atomic mass is 10.2. The monoisotopic (exact) mass is 140 g/mol. The molecule has 0 fully saturated rings. The topological polar surface area (TPSA) is 35.2 Å². The largest absolute Gasteiger partial charge is 0.496 e. The average molecular weight is 140 g/mol. The fraction of sp³-hybridized carbons (Fsp3) is 0.250. The quantitative estimate of drug-likeness (QED) is 0.601. The number of methoxy groups -OCH3 is 1. The number of anilines is 1. The smallest absolute Gasteiger partial charge is 0.123 e. The van der Waals surface area contributed by atoms with Crippen LogP contribution in [0.2, 0.25) is 0 Å². The summed E-state index contributed by atoms with van der Waals surface area (Å²) in [5, 5.41) is 0. The summed E-state index contributed by atoms with van der Waals surface area (Å²) in [5.41, 5.74) is 5.86. The Morgan fingerprint density at radius 1 is 1.60 bits per heavy atom. The van der Waals surface area contributed by atoms with Crippen LogP contribution in [0.25, 0.3) is 0 Å². The molecule has 1 aromatic rings. The Bertz CT molecular complexity index is 309. The van der Waals surface area contributed by atoms with E-state index in [1.165, 1.54) is 7.11 Å². The third kappa shape index (κ3) is 1.05. The second-order valence-corrected chi connectivity index (χ2v) is 1.92. The minimum Gasteiger partial charge on any atom is -0.496 e. The van der Waals surface area contributed by atoms with Gasteiger partial charge in [-0.15, -0.1) is 0 Å². The molecule has 2 heteroatoms. The summed E-state index contributed by atoms with van der Waals surface area (Å²) < 4.78 is 26.6. The summed E-state index contributed by atoms with van der Waals surface area (Å²) in [5.74, 6) is 0.306. The van der Waals surface area contributed by atoms with Gasteiger partial charge in [0.2, 0.25) is 0 Å². The first kappa shape index (κ1) is 3.86. The summed E-state index contributed by atoms with van der Waals surface area (Å²) in [7, 11) is 1.42. The normalized spacial score (nSPS) is 15.1. The van der Waals surface area contributed by atoms with Gasteiger partial charge in [-0.05, 0) is 19.0 Å². The van der Waals surface area contributed by atoms with Gasteiger partial charge in [-0.1, -0.05) is 6.07 Å². The number of nitrogen functional groups attached to an aromatic ring is 1. The number of benzene rings is 1. The van der Waals surface area contributed by atoms with Crippen LogP contribution in [0.5, 0.6) is 5.75 Å². The van der Waals surface area contributed by atoms with Crippen molar-refractivity contribution in [3.63, 3.8) is 0 Å². The number of rotatable bonds is 1. The Balaban J connectivity index is 3.32. The van der Waals surface area contributed by atoms with Crippen LogP contribution in [0.4, 0.5) is 5.69 Å². The van der Waals surface area contributed by atoms with Gasteiger partial charge >= 0.3 is 0 Å². The van der Waals surface area contributed by atoms with Crippen LogP contribution < -0.4 is 10.5 Å². The Morgan fingerprint density at radius 2 is 2.40 bits per heavy atom. The molecule has 2 N–H and O–H groups in total. The molecule has 2 nitrogen and oxygen atoms in total. The van der Waals surface area contributed by atoms with Crippen molar-refractivity contribution in [2.24, 2.45) is 0 Å². The molecule has 0 aliphatic heterocycles. The van der Waals surface area contributed by atoms with E-state index in [0.29, 0.717) is 5.75 Å². The van der Waals surface area contributed by atoms with E-state index in [2.05, 4.69) is 0 Å². The molecule has 0 saturated heterocycles. The molecule has 1 rings (SSSR count). The maximum Gasteiger partial charge on any atom is 0.123 e. The summed E-state index contributed by atoms with van der Waals surface area (Å²) >= 11 is 0. The molecule has 1 aromatic carbocycles. The molecule has 0 radical (unpaired) electrons. The van der Waals surface area contributed by atoms with Crippen LogP contribution in [-0.2, 0) is 0 Å². The second-order valence-electron chi connectivity index (χ2n) is 1.92. The molecule has 0 spiro atoms. The maximum atomic E-state index is 7.23. The fourth-order valence-electron chi connectivity index (χ4n) is 0.718. The van der Waals surface area contributed by atoms with Crippen LogP contribution in [0.1, 0.15) is 9.68 Å². The van der Waals surface area contributed by atoms with Crippen LogP contribution in [0, 0.1) is 6.85 Å². The summed E-state index contributed by atoms with van der Waals surface area (Å²) in [4.78, 5) is 0. The van der Waals surface area contributed by atoms with E-state index in [4.69, 9.17) is 14.6 Å². The fourth-order valence-corrected chi connectivity index (χ4v) is 0.718. The van der Waals surface area contributed by atoms with Crippen LogP contribution in [0.3, 0.4) is 0 Å². The summed E-state index contributed by atoms with van der Waals surface area (Å²) in [6, 6.07) is 4.78. The Kier molecular flexibility index (Phi) is 1.01. The third-order valence-corrected chi connectivity index (χ3v) is 1.28. The van der Waals surface area contributed by atoms with Crippen molar-refractivity contribution in [2.45, 2.75) is 6.85 Å². The van der Waals surface area contributed by atoms with E-state index in [1.54, 1.807) is 18.2 Å². The van der Waals surface area contributed by atoms with Crippen LogP contribution in [0.15, 0.2) is 18.2 Å². The molecule has 0 heterocycles. The molecular formula is C8H11NO. The minimum absolute atomic E-state index is 0.0810. The predicted molar refractivity (Wildman–Crippen MR) is 42.1 cm³/mol. The van der Waals surface area contributed by atoms with E-state index in [9.17, 15) is 0 Å². The van der Waals surface area contributed by atoms with Gasteiger partial charge < -0.3 is 10.5 Å². The molecule has 0 saturated carbocycles. The first-order valence-corrected chi connectivity index (χ1v) is 2.90. The van der Waals surface area contributed by atoms with Gasteiger partial charge in [-0.3, -0.25) is 0 Å². The highest BCUT2D eigenvalue weighted by molar-refractivity contribution is 5.52. The zero-order valence-corrected chi connectivity index (χ0v) is 5.72. The van der Waals surface area contributed by atoms with Gasteiger partial charge in [0, 0.05) is 15.4 Å². The molecule has 0 aromatic heterocycles. The molecular weight excluding hydrogens is 126 g/mol. The van der Waals surface area contributed by atoms with E-state index in [1.807, 2.05) is 0 Å². The van der Waals surface area contributed by atoms with Crippen molar-refractivity contribution in [1.29, 1.82) is 0 Å². The van der Waals surface area contributed by atoms with E-state index in [0.717, 1.165) is 0 Å². The molecule has 54 valence electrons. The van der Waals surface area contributed by atoms with Gasteiger partial charge in [0.1, 0.15) is 5.75 Å². The van der Waals surface area contributed by atoms with Crippen molar-refractivity contribution in [2.75, 3.05) is 12.8 Å². The zero-order chi connectivity index (χ0) is 10.1. The Hall–Kier alpha value is -1.18. The number of ether oxygens (including phenoxy) is 1. The molecule has 0 aliphatic rings. The molecule has 0 bridgehead atoms. The molecule has 0 atom stereocenters. The van der Waals surface area contributed by atoms with Crippen molar-refractivity contribution in [3.8, 4) is 5.75 Å². The summed E-state index contributed by atoms with van der Waals surface area (Å²) in [6.45, 7) is -2.23. The minimum atomic E-state index is -2.23. The summed E-state index contributed by atoms with van der Waals surface area (Å²) in [6.07, 6.45) is 0. The lowest BCUT2D eigenvalue weighted by molar-refractivity contribution is 0.412. The first-order chi connectivity index (χ1) is 5.96. The molecule has 0 amide bonds. The highest BCUT2D eigenvalue weighted by atomic mass is 16.5. The number of hydrogen-bond donors (Lipinski definition) is 1. The first-order valence-electron chi connectivity index (χ1n) is 4.40. The van der Waals surface area contributed by atoms with Gasteiger partial charge in [0.15, 0.2) is 0 Å². The van der Waals surface area contributed by atoms with Crippen molar-refractivity contribution >= 4 is 5.69 Å². The maximum absolute atomic E-state index is 7.23. The third-order valence-electron chi connectivity index (χ3n) is 1.28. The second kappa shape index (κ2) is 2.60. The van der Waals surface area contributed by atoms with E-state index >= 15 is 0 Å². The van der Waals surface area contributed by atoms with Gasteiger partial charge in [0.05, 0.1) is 7.11 Å². The van der Waals surface area contributed by atoms with Crippen molar-refractivity contribution in [3.05, 3.63) is 23.8 Å². The zero-order valence-electron chi connectivity index (χ0n) is 8.72.